The zero-order valence-corrected chi connectivity index (χ0v) is 27.0. The molecule has 0 saturated carbocycles. The van der Waals surface area contributed by atoms with Crippen molar-refractivity contribution in [2.24, 2.45) is 5.92 Å². The molecule has 40 heavy (non-hydrogen) atoms. The maximum absolute atomic E-state index is 15.9. The molecular formula is C30H31BrCl2FNO4Si. The van der Waals surface area contributed by atoms with Gasteiger partial charge >= 0.3 is 5.97 Å². The third-order valence-electron chi connectivity index (χ3n) is 7.14. The second-order valence-electron chi connectivity index (χ2n) is 11.1. The van der Waals surface area contributed by atoms with Crippen LogP contribution in [0.1, 0.15) is 40.0 Å². The number of methoxy groups -OCH3 is 1. The van der Waals surface area contributed by atoms with Gasteiger partial charge in [0.1, 0.15) is 5.82 Å². The molecule has 3 atom stereocenters. The third kappa shape index (κ3) is 5.88. The van der Waals surface area contributed by atoms with Crippen molar-refractivity contribution in [3.8, 4) is 0 Å². The first-order chi connectivity index (χ1) is 18.8. The summed E-state index contributed by atoms with van der Waals surface area (Å²) < 4.78 is 28.2. The van der Waals surface area contributed by atoms with Gasteiger partial charge in [-0.3, -0.25) is 14.5 Å². The average Bonchev–Trinajstić information content (AvgIpc) is 3.13. The van der Waals surface area contributed by atoms with Gasteiger partial charge in [0.2, 0.25) is 0 Å². The number of benzene rings is 3. The molecular weight excluding hydrogens is 636 g/mol. The van der Waals surface area contributed by atoms with E-state index in [0.717, 1.165) is 6.04 Å². The first kappa shape index (κ1) is 30.7. The highest BCUT2D eigenvalue weighted by atomic mass is 79.9. The summed E-state index contributed by atoms with van der Waals surface area (Å²) in [5.74, 6) is -2.43. The van der Waals surface area contributed by atoms with E-state index in [-0.39, 0.29) is 17.7 Å². The number of hydrogen-bond acceptors (Lipinski definition) is 4. The molecule has 10 heteroatoms. The van der Waals surface area contributed by atoms with E-state index < -0.39 is 43.5 Å². The second kappa shape index (κ2) is 11.9. The fourth-order valence-electron chi connectivity index (χ4n) is 5.12. The Morgan fingerprint density at radius 2 is 1.62 bits per heavy atom. The van der Waals surface area contributed by atoms with Gasteiger partial charge in [-0.25, -0.2) is 4.39 Å². The Labute approximate surface area is 253 Å². The molecule has 4 rings (SSSR count). The van der Waals surface area contributed by atoms with Gasteiger partial charge in [-0.1, -0.05) is 83.0 Å². The number of esters is 1. The van der Waals surface area contributed by atoms with Gasteiger partial charge in [0.15, 0.2) is 5.72 Å². The molecule has 0 radical (unpaired) electrons. The van der Waals surface area contributed by atoms with Gasteiger partial charge in [0.05, 0.1) is 29.7 Å². The largest absolute Gasteiger partial charge is 0.466 e. The fraction of sp³-hybridized carbons (Fsp3) is 0.333. The maximum Gasteiger partial charge on any atom is 0.311 e. The van der Waals surface area contributed by atoms with Crippen LogP contribution in [0, 0.1) is 11.7 Å². The van der Waals surface area contributed by atoms with E-state index in [1.54, 1.807) is 61.5 Å². The summed E-state index contributed by atoms with van der Waals surface area (Å²) in [5.41, 5.74) is -0.425. The van der Waals surface area contributed by atoms with Crippen molar-refractivity contribution in [2.45, 2.75) is 44.4 Å². The summed E-state index contributed by atoms with van der Waals surface area (Å²) in [6.45, 7) is 8.60. The van der Waals surface area contributed by atoms with Crippen LogP contribution in [0.15, 0.2) is 65.1 Å². The van der Waals surface area contributed by atoms with Crippen molar-refractivity contribution < 1.29 is 23.5 Å². The predicted molar refractivity (Wildman–Crippen MR) is 162 cm³/mol. The number of hydrogen-bond donors (Lipinski definition) is 0. The molecule has 0 aliphatic carbocycles. The lowest BCUT2D eigenvalue weighted by molar-refractivity contribution is -0.155. The van der Waals surface area contributed by atoms with Crippen LogP contribution in [0.3, 0.4) is 0 Å². The van der Waals surface area contributed by atoms with Crippen molar-refractivity contribution in [1.29, 1.82) is 0 Å². The number of rotatable bonds is 9. The van der Waals surface area contributed by atoms with Crippen molar-refractivity contribution in [3.05, 3.63) is 103 Å². The molecule has 0 N–H and O–H groups in total. The minimum atomic E-state index is -1.71. The summed E-state index contributed by atoms with van der Waals surface area (Å²) >= 11 is 15.7. The molecule has 3 aromatic carbocycles. The third-order valence-corrected chi connectivity index (χ3v) is 9.81. The van der Waals surface area contributed by atoms with Crippen LogP contribution >= 0.6 is 39.1 Å². The Morgan fingerprint density at radius 3 is 2.17 bits per heavy atom. The molecule has 0 fully saturated rings. The zero-order chi connectivity index (χ0) is 29.4. The number of carbonyl (C=O) groups excluding carboxylic acids is 2. The minimum absolute atomic E-state index is 0.0591. The van der Waals surface area contributed by atoms with Crippen LogP contribution in [0.4, 0.5) is 4.39 Å². The monoisotopic (exact) mass is 665 g/mol. The number of fused-ring (bicyclic) bond motifs is 1. The molecule has 0 saturated heterocycles. The van der Waals surface area contributed by atoms with E-state index in [1.165, 1.54) is 18.1 Å². The van der Waals surface area contributed by atoms with Gasteiger partial charge < -0.3 is 9.47 Å². The molecule has 3 aromatic rings. The number of halogens is 4. The Bertz CT molecular complexity index is 1410. The van der Waals surface area contributed by atoms with E-state index in [2.05, 4.69) is 35.6 Å². The Hall–Kier alpha value is -2.23. The molecule has 5 nitrogen and oxygen atoms in total. The number of ether oxygens (including phenoxy) is 2. The Morgan fingerprint density at radius 1 is 1.05 bits per heavy atom. The first-order valence-corrected chi connectivity index (χ1v) is 18.1. The number of nitrogens with zero attached hydrogens (tertiary/aromatic N) is 1. The van der Waals surface area contributed by atoms with Gasteiger partial charge in [0, 0.05) is 35.3 Å². The highest BCUT2D eigenvalue weighted by Gasteiger charge is 2.57. The summed E-state index contributed by atoms with van der Waals surface area (Å²) in [5, 5.41) is 0.963. The summed E-state index contributed by atoms with van der Waals surface area (Å²) in [4.78, 5) is 29.3. The fourth-order valence-corrected chi connectivity index (χ4v) is 6.52. The van der Waals surface area contributed by atoms with Crippen LogP contribution in [0.5, 0.6) is 0 Å². The van der Waals surface area contributed by atoms with Crippen LogP contribution in [0.25, 0.3) is 0 Å². The maximum atomic E-state index is 15.9. The average molecular weight is 667 g/mol. The zero-order valence-electron chi connectivity index (χ0n) is 22.9. The molecule has 2 unspecified atom stereocenters. The molecule has 0 bridgehead atoms. The number of amides is 1. The summed E-state index contributed by atoms with van der Waals surface area (Å²) in [6.07, 6.45) is 0. The van der Waals surface area contributed by atoms with E-state index in [9.17, 15) is 9.59 Å². The van der Waals surface area contributed by atoms with Crippen LogP contribution in [-0.4, -0.2) is 38.6 Å². The predicted octanol–water partition coefficient (Wildman–Crippen LogP) is 8.46. The van der Waals surface area contributed by atoms with E-state index in [4.69, 9.17) is 32.7 Å². The summed E-state index contributed by atoms with van der Waals surface area (Å²) in [7, 11) is -0.0405. The molecule has 1 heterocycles. The Kier molecular flexibility index (Phi) is 9.17. The van der Waals surface area contributed by atoms with Crippen LogP contribution in [0.2, 0.25) is 35.7 Å². The molecule has 212 valence electrons. The van der Waals surface area contributed by atoms with Crippen molar-refractivity contribution in [3.63, 3.8) is 0 Å². The Balaban J connectivity index is 1.93. The minimum Gasteiger partial charge on any atom is -0.466 e. The van der Waals surface area contributed by atoms with Crippen molar-refractivity contribution in [1.82, 2.24) is 4.90 Å². The number of carbonyl (C=O) groups is 2. The topological polar surface area (TPSA) is 55.8 Å². The summed E-state index contributed by atoms with van der Waals surface area (Å²) in [6, 6.07) is 16.3. The van der Waals surface area contributed by atoms with Gasteiger partial charge in [-0.15, -0.1) is 0 Å². The van der Waals surface area contributed by atoms with Gasteiger partial charge in [0.25, 0.3) is 5.91 Å². The van der Waals surface area contributed by atoms with E-state index >= 15 is 4.39 Å². The van der Waals surface area contributed by atoms with Gasteiger partial charge in [-0.2, -0.15) is 0 Å². The van der Waals surface area contributed by atoms with Crippen molar-refractivity contribution in [2.75, 3.05) is 13.7 Å². The molecule has 0 aromatic heterocycles. The lowest BCUT2D eigenvalue weighted by Gasteiger charge is -2.44. The van der Waals surface area contributed by atoms with Crippen molar-refractivity contribution >= 4 is 59.1 Å². The van der Waals surface area contributed by atoms with Crippen LogP contribution in [-0.2, 0) is 20.0 Å². The van der Waals surface area contributed by atoms with Gasteiger partial charge in [-0.05, 0) is 54.9 Å². The normalized spacial score (nSPS) is 18.4. The standard InChI is InChI=1S/C30H31BrCl2FNO4Si/c1-18(29(37)39-14-15-40(3,4)5)27(19-6-10-22(32)11-7-19)35-28(36)24-16-21(31)17-25(34)26(24)30(35,38-2)20-8-12-23(33)13-9-20/h6-13,16-18,27H,14-15H2,1-5H3/t18?,27?,30-/m0/s1. The SMILES string of the molecule is CO[C@@]1(c2ccc(Cl)cc2)c2c(F)cc(Br)cc2C(=O)N1C(c1ccc(Cl)cc1)C(C)C(=O)OCC[Si](C)(C)C. The molecule has 1 amide bonds. The molecule has 1 aliphatic rings. The first-order valence-electron chi connectivity index (χ1n) is 12.9. The smallest absolute Gasteiger partial charge is 0.311 e. The lowest BCUT2D eigenvalue weighted by Crippen LogP contribution is -2.51. The molecule has 0 spiro atoms. The quantitative estimate of drug-likeness (QED) is 0.170. The molecule has 1 aliphatic heterocycles. The second-order valence-corrected chi connectivity index (χ2v) is 18.5. The van der Waals surface area contributed by atoms with Crippen LogP contribution < -0.4 is 0 Å². The highest BCUT2D eigenvalue weighted by Crippen LogP contribution is 2.52. The van der Waals surface area contributed by atoms with E-state index in [1.807, 2.05) is 0 Å². The lowest BCUT2D eigenvalue weighted by atomic mass is 9.88. The van der Waals surface area contributed by atoms with E-state index in [0.29, 0.717) is 25.6 Å². The highest BCUT2D eigenvalue weighted by molar-refractivity contribution is 9.10.